The third-order valence-corrected chi connectivity index (χ3v) is 3.00. The molecular formula is C12H16BrN3O2. The lowest BCUT2D eigenvalue weighted by atomic mass is 10.1. The first-order valence-electron chi connectivity index (χ1n) is 5.47. The Morgan fingerprint density at radius 2 is 2.28 bits per heavy atom. The molecule has 3 N–H and O–H groups in total. The number of likely N-dealkylation sites (N-methyl/N-ethyl adjacent to an activating group) is 1. The maximum atomic E-state index is 11.9. The molecule has 18 heavy (non-hydrogen) atoms. The van der Waals surface area contributed by atoms with Gasteiger partial charge in [0.2, 0.25) is 5.91 Å². The second-order valence-electron chi connectivity index (χ2n) is 3.96. The summed E-state index contributed by atoms with van der Waals surface area (Å²) in [6, 6.07) is 7.62. The fourth-order valence-electron chi connectivity index (χ4n) is 1.41. The van der Waals surface area contributed by atoms with Gasteiger partial charge < -0.3 is 15.8 Å². The van der Waals surface area contributed by atoms with Gasteiger partial charge in [0.15, 0.2) is 0 Å². The van der Waals surface area contributed by atoms with Crippen molar-refractivity contribution in [2.45, 2.75) is 12.8 Å². The quantitative estimate of drug-likeness (QED) is 0.375. The molecule has 0 aliphatic carbocycles. The van der Waals surface area contributed by atoms with Crippen LogP contribution in [0.5, 0.6) is 0 Å². The molecule has 0 aliphatic heterocycles. The number of hydrogen-bond donors (Lipinski definition) is 2. The Hall–Kier alpha value is -1.56. The molecule has 0 fully saturated rings. The molecule has 0 aromatic heterocycles. The van der Waals surface area contributed by atoms with E-state index in [1.54, 1.807) is 11.9 Å². The number of nitrogens with zero attached hydrogens (tertiary/aromatic N) is 2. The van der Waals surface area contributed by atoms with Crippen molar-refractivity contribution in [3.05, 3.63) is 34.3 Å². The molecule has 0 radical (unpaired) electrons. The van der Waals surface area contributed by atoms with Gasteiger partial charge in [-0.25, -0.2) is 0 Å². The first-order chi connectivity index (χ1) is 8.52. The summed E-state index contributed by atoms with van der Waals surface area (Å²) in [5, 5.41) is 11.3. The first-order valence-corrected chi connectivity index (χ1v) is 6.27. The molecule has 1 aromatic rings. The summed E-state index contributed by atoms with van der Waals surface area (Å²) >= 11 is 3.36. The van der Waals surface area contributed by atoms with Crippen molar-refractivity contribution in [3.8, 4) is 0 Å². The molecule has 6 heteroatoms. The average molecular weight is 314 g/mol. The molecular weight excluding hydrogens is 298 g/mol. The van der Waals surface area contributed by atoms with E-state index in [0.717, 1.165) is 10.0 Å². The number of nitrogens with two attached hydrogens (primary N) is 1. The van der Waals surface area contributed by atoms with Crippen LogP contribution in [0.15, 0.2) is 33.9 Å². The number of carbonyl (C=O) groups excluding carboxylic acids is 1. The number of benzene rings is 1. The van der Waals surface area contributed by atoms with Gasteiger partial charge in [0, 0.05) is 24.5 Å². The van der Waals surface area contributed by atoms with E-state index in [4.69, 9.17) is 10.9 Å². The zero-order chi connectivity index (χ0) is 13.5. The van der Waals surface area contributed by atoms with Gasteiger partial charge in [0.05, 0.1) is 6.42 Å². The van der Waals surface area contributed by atoms with Crippen molar-refractivity contribution in [2.24, 2.45) is 10.9 Å². The van der Waals surface area contributed by atoms with Crippen molar-refractivity contribution in [2.75, 3.05) is 13.6 Å². The van der Waals surface area contributed by atoms with Gasteiger partial charge in [-0.05, 0) is 17.7 Å². The van der Waals surface area contributed by atoms with Crippen LogP contribution in [0.2, 0.25) is 0 Å². The second kappa shape index (κ2) is 7.00. The number of oxime groups is 1. The van der Waals surface area contributed by atoms with E-state index in [0.29, 0.717) is 19.4 Å². The minimum absolute atomic E-state index is 0.00107. The lowest BCUT2D eigenvalue weighted by molar-refractivity contribution is -0.129. The Kier molecular flexibility index (Phi) is 5.64. The highest BCUT2D eigenvalue weighted by atomic mass is 79.9. The van der Waals surface area contributed by atoms with Gasteiger partial charge in [-0.15, -0.1) is 0 Å². The molecule has 98 valence electrons. The molecule has 0 heterocycles. The van der Waals surface area contributed by atoms with Gasteiger partial charge in [0.1, 0.15) is 5.84 Å². The monoisotopic (exact) mass is 313 g/mol. The number of amidine groups is 1. The topological polar surface area (TPSA) is 78.9 Å². The highest BCUT2D eigenvalue weighted by Gasteiger charge is 2.10. The molecule has 5 nitrogen and oxygen atoms in total. The van der Waals surface area contributed by atoms with Crippen molar-refractivity contribution >= 4 is 27.7 Å². The van der Waals surface area contributed by atoms with Gasteiger partial charge in [-0.2, -0.15) is 0 Å². The molecule has 1 aromatic carbocycles. The minimum Gasteiger partial charge on any atom is -0.409 e. The standard InChI is InChI=1S/C12H16BrN3O2/c1-16(6-5-11(14)15-18)12(17)8-9-3-2-4-10(13)7-9/h2-4,7,18H,5-6,8H2,1H3,(H2,14,15). The highest BCUT2D eigenvalue weighted by molar-refractivity contribution is 9.10. The van der Waals surface area contributed by atoms with E-state index < -0.39 is 0 Å². The summed E-state index contributed by atoms with van der Waals surface area (Å²) in [7, 11) is 1.70. The van der Waals surface area contributed by atoms with E-state index in [1.807, 2.05) is 24.3 Å². The minimum atomic E-state index is -0.00107. The summed E-state index contributed by atoms with van der Waals surface area (Å²) in [6.07, 6.45) is 0.698. The molecule has 0 saturated heterocycles. The van der Waals surface area contributed by atoms with Crippen LogP contribution in [-0.4, -0.2) is 35.4 Å². The number of amides is 1. The number of hydrogen-bond acceptors (Lipinski definition) is 3. The van der Waals surface area contributed by atoms with Crippen LogP contribution < -0.4 is 5.73 Å². The SMILES string of the molecule is CN(CCC(N)=NO)C(=O)Cc1cccc(Br)c1. The van der Waals surface area contributed by atoms with Crippen LogP contribution in [-0.2, 0) is 11.2 Å². The Morgan fingerprint density at radius 1 is 1.56 bits per heavy atom. The van der Waals surface area contributed by atoms with Crippen LogP contribution in [0.25, 0.3) is 0 Å². The molecule has 0 bridgehead atoms. The summed E-state index contributed by atoms with van der Waals surface area (Å²) < 4.78 is 0.951. The van der Waals surface area contributed by atoms with E-state index in [1.165, 1.54) is 0 Å². The molecule has 0 unspecified atom stereocenters. The summed E-state index contributed by atoms with van der Waals surface area (Å²) in [6.45, 7) is 0.433. The Morgan fingerprint density at radius 3 is 2.89 bits per heavy atom. The fraction of sp³-hybridized carbons (Fsp3) is 0.333. The number of halogens is 1. The predicted molar refractivity (Wildman–Crippen MR) is 73.5 cm³/mol. The van der Waals surface area contributed by atoms with Crippen molar-refractivity contribution in [3.63, 3.8) is 0 Å². The largest absolute Gasteiger partial charge is 0.409 e. The normalized spacial score (nSPS) is 11.3. The smallest absolute Gasteiger partial charge is 0.226 e. The molecule has 0 atom stereocenters. The van der Waals surface area contributed by atoms with Crippen molar-refractivity contribution in [1.82, 2.24) is 4.90 Å². The second-order valence-corrected chi connectivity index (χ2v) is 4.88. The maximum absolute atomic E-state index is 11.9. The first kappa shape index (κ1) is 14.5. The van der Waals surface area contributed by atoms with Crippen LogP contribution in [0, 0.1) is 0 Å². The third-order valence-electron chi connectivity index (χ3n) is 2.50. The van der Waals surface area contributed by atoms with Crippen LogP contribution in [0.1, 0.15) is 12.0 Å². The molecule has 0 saturated carbocycles. The van der Waals surface area contributed by atoms with Gasteiger partial charge in [0.25, 0.3) is 0 Å². The van der Waals surface area contributed by atoms with E-state index in [-0.39, 0.29) is 11.7 Å². The Labute approximate surface area is 114 Å². The highest BCUT2D eigenvalue weighted by Crippen LogP contribution is 2.12. The van der Waals surface area contributed by atoms with E-state index in [9.17, 15) is 4.79 Å². The average Bonchev–Trinajstić information content (AvgIpc) is 2.35. The number of carbonyl (C=O) groups is 1. The van der Waals surface area contributed by atoms with Crippen molar-refractivity contribution in [1.29, 1.82) is 0 Å². The maximum Gasteiger partial charge on any atom is 0.226 e. The lowest BCUT2D eigenvalue weighted by Crippen LogP contribution is -2.31. The van der Waals surface area contributed by atoms with E-state index in [2.05, 4.69) is 21.1 Å². The number of rotatable bonds is 5. The summed E-state index contributed by atoms with van der Waals surface area (Å²) in [5.74, 6) is 0.121. The molecule has 1 rings (SSSR count). The summed E-state index contributed by atoms with van der Waals surface area (Å²) in [5.41, 5.74) is 6.30. The zero-order valence-electron chi connectivity index (χ0n) is 10.1. The lowest BCUT2D eigenvalue weighted by Gasteiger charge is -2.16. The summed E-state index contributed by atoms with van der Waals surface area (Å²) in [4.78, 5) is 13.5. The van der Waals surface area contributed by atoms with Gasteiger partial charge >= 0.3 is 0 Å². The van der Waals surface area contributed by atoms with Crippen molar-refractivity contribution < 1.29 is 10.0 Å². The fourth-order valence-corrected chi connectivity index (χ4v) is 1.86. The molecule has 1 amide bonds. The predicted octanol–water partition coefficient (Wildman–Crippen LogP) is 1.59. The van der Waals surface area contributed by atoms with Crippen LogP contribution >= 0.6 is 15.9 Å². The molecule has 0 spiro atoms. The third kappa shape index (κ3) is 4.75. The Balaban J connectivity index is 2.50. The van der Waals surface area contributed by atoms with Crippen LogP contribution in [0.3, 0.4) is 0 Å². The van der Waals surface area contributed by atoms with Gasteiger partial charge in [-0.3, -0.25) is 4.79 Å². The Bertz CT molecular complexity index is 449. The molecule has 0 aliphatic rings. The van der Waals surface area contributed by atoms with Crippen LogP contribution in [0.4, 0.5) is 0 Å². The zero-order valence-corrected chi connectivity index (χ0v) is 11.7. The van der Waals surface area contributed by atoms with E-state index >= 15 is 0 Å². The van der Waals surface area contributed by atoms with Gasteiger partial charge in [-0.1, -0.05) is 33.2 Å².